The van der Waals surface area contributed by atoms with Crippen molar-refractivity contribution in [3.63, 3.8) is 0 Å². The largest absolute Gasteiger partial charge is 0.396 e. The van der Waals surface area contributed by atoms with E-state index >= 15 is 0 Å². The lowest BCUT2D eigenvalue weighted by atomic mass is 10.2. The van der Waals surface area contributed by atoms with E-state index in [0.29, 0.717) is 16.3 Å². The second-order valence-electron chi connectivity index (χ2n) is 4.31. The maximum atomic E-state index is 13.4. The maximum Gasteiger partial charge on any atom is 0.225 e. The molecule has 0 aliphatic heterocycles. The highest BCUT2D eigenvalue weighted by Crippen LogP contribution is 2.22. The summed E-state index contributed by atoms with van der Waals surface area (Å²) in [5.41, 5.74) is 5.84. The third kappa shape index (κ3) is 4.46. The number of benzene rings is 2. The van der Waals surface area contributed by atoms with Gasteiger partial charge in [0.25, 0.3) is 0 Å². The molecule has 0 aliphatic carbocycles. The van der Waals surface area contributed by atoms with Gasteiger partial charge in [-0.2, -0.15) is 0 Å². The van der Waals surface area contributed by atoms with Gasteiger partial charge in [-0.15, -0.1) is 11.8 Å². The number of hydrogen-bond donors (Lipinski definition) is 2. The first-order valence-corrected chi connectivity index (χ1v) is 7.27. The Morgan fingerprint density at radius 3 is 2.62 bits per heavy atom. The van der Waals surface area contributed by atoms with Crippen molar-refractivity contribution in [1.29, 1.82) is 0 Å². The summed E-state index contributed by atoms with van der Waals surface area (Å²) in [7, 11) is 0. The van der Waals surface area contributed by atoms with Crippen LogP contribution >= 0.6 is 11.8 Å². The van der Waals surface area contributed by atoms with Crippen molar-refractivity contribution in [2.24, 2.45) is 0 Å². The van der Waals surface area contributed by atoms with E-state index in [9.17, 15) is 13.6 Å². The van der Waals surface area contributed by atoms with E-state index < -0.39 is 5.82 Å². The van der Waals surface area contributed by atoms with Gasteiger partial charge in [-0.3, -0.25) is 4.79 Å². The fourth-order valence-electron chi connectivity index (χ4n) is 1.66. The average Bonchev–Trinajstić information content (AvgIpc) is 2.45. The van der Waals surface area contributed by atoms with Crippen molar-refractivity contribution < 1.29 is 13.6 Å². The highest BCUT2D eigenvalue weighted by Gasteiger charge is 2.06. The van der Waals surface area contributed by atoms with Crippen molar-refractivity contribution in [3.05, 3.63) is 54.1 Å². The molecule has 0 saturated carbocycles. The van der Waals surface area contributed by atoms with Gasteiger partial charge < -0.3 is 11.1 Å². The Labute approximate surface area is 125 Å². The van der Waals surface area contributed by atoms with Crippen molar-refractivity contribution in [1.82, 2.24) is 0 Å². The molecule has 6 heteroatoms. The van der Waals surface area contributed by atoms with Crippen molar-refractivity contribution in [3.8, 4) is 0 Å². The third-order valence-corrected chi connectivity index (χ3v) is 3.75. The van der Waals surface area contributed by atoms with E-state index in [-0.39, 0.29) is 23.8 Å². The number of carbonyl (C=O) groups excluding carboxylic acids is 1. The number of halogens is 2. The van der Waals surface area contributed by atoms with Gasteiger partial charge in [0.2, 0.25) is 5.91 Å². The molecule has 0 fully saturated rings. The van der Waals surface area contributed by atoms with Gasteiger partial charge in [0, 0.05) is 22.8 Å². The molecule has 0 bridgehead atoms. The molecule has 3 nitrogen and oxygen atoms in total. The zero-order valence-corrected chi connectivity index (χ0v) is 11.9. The van der Waals surface area contributed by atoms with Crippen molar-refractivity contribution >= 4 is 29.0 Å². The Hall–Kier alpha value is -2.08. The molecule has 2 aromatic rings. The van der Waals surface area contributed by atoms with Crippen LogP contribution in [0, 0.1) is 11.6 Å². The molecule has 0 saturated heterocycles. The quantitative estimate of drug-likeness (QED) is 0.654. The van der Waals surface area contributed by atoms with Gasteiger partial charge in [-0.25, -0.2) is 8.78 Å². The fourth-order valence-corrected chi connectivity index (χ4v) is 2.55. The van der Waals surface area contributed by atoms with Crippen LogP contribution in [0.15, 0.2) is 47.4 Å². The molecular weight excluding hydrogens is 294 g/mol. The lowest BCUT2D eigenvalue weighted by molar-refractivity contribution is -0.115. The molecule has 3 N–H and O–H groups in total. The number of rotatable bonds is 5. The first kappa shape index (κ1) is 15.3. The first-order chi connectivity index (χ1) is 10.1. The van der Waals surface area contributed by atoms with Crippen LogP contribution in [0.5, 0.6) is 0 Å². The monoisotopic (exact) mass is 308 g/mol. The Kier molecular flexibility index (Phi) is 5.16. The standard InChI is InChI=1S/C15H14F2N2OS/c16-11-6-5-10(9-13(11)18)19-15(20)7-8-21-14-4-2-1-3-12(14)17/h1-6,9H,7-8,18H2,(H,19,20). The van der Waals surface area contributed by atoms with Gasteiger partial charge in [0.15, 0.2) is 0 Å². The zero-order chi connectivity index (χ0) is 15.2. The Morgan fingerprint density at radius 1 is 1.14 bits per heavy atom. The Morgan fingerprint density at radius 2 is 1.90 bits per heavy atom. The minimum atomic E-state index is -0.525. The van der Waals surface area contributed by atoms with Crippen molar-refractivity contribution in [2.45, 2.75) is 11.3 Å². The molecule has 0 atom stereocenters. The van der Waals surface area contributed by atoms with Crippen LogP contribution in [0.25, 0.3) is 0 Å². The highest BCUT2D eigenvalue weighted by atomic mass is 32.2. The number of anilines is 2. The van der Waals surface area contributed by atoms with Crippen LogP contribution in [0.3, 0.4) is 0 Å². The van der Waals surface area contributed by atoms with E-state index in [2.05, 4.69) is 5.32 Å². The van der Waals surface area contributed by atoms with Crippen LogP contribution in [0.4, 0.5) is 20.2 Å². The molecule has 0 aliphatic rings. The maximum absolute atomic E-state index is 13.4. The summed E-state index contributed by atoms with van der Waals surface area (Å²) >= 11 is 1.27. The second-order valence-corrected chi connectivity index (χ2v) is 5.45. The summed E-state index contributed by atoms with van der Waals surface area (Å²) in [5, 5.41) is 2.62. The number of thioether (sulfide) groups is 1. The van der Waals surface area contributed by atoms with Gasteiger partial charge in [-0.05, 0) is 30.3 Å². The van der Waals surface area contributed by atoms with Gasteiger partial charge in [0.1, 0.15) is 11.6 Å². The number of nitrogens with one attached hydrogen (secondary N) is 1. The van der Waals surface area contributed by atoms with E-state index in [1.807, 2.05) is 0 Å². The Balaban J connectivity index is 1.82. The predicted octanol–water partition coefficient (Wildman–Crippen LogP) is 3.67. The van der Waals surface area contributed by atoms with E-state index in [1.165, 1.54) is 36.0 Å². The topological polar surface area (TPSA) is 55.1 Å². The molecule has 2 aromatic carbocycles. The van der Waals surface area contributed by atoms with Crippen LogP contribution in [0.2, 0.25) is 0 Å². The third-order valence-electron chi connectivity index (χ3n) is 2.70. The van der Waals surface area contributed by atoms with E-state index in [1.54, 1.807) is 18.2 Å². The van der Waals surface area contributed by atoms with E-state index in [0.717, 1.165) is 0 Å². The minimum Gasteiger partial charge on any atom is -0.396 e. The molecule has 0 aromatic heterocycles. The molecule has 1 amide bonds. The average molecular weight is 308 g/mol. The lowest BCUT2D eigenvalue weighted by Crippen LogP contribution is -2.12. The van der Waals surface area contributed by atoms with E-state index in [4.69, 9.17) is 5.73 Å². The summed E-state index contributed by atoms with van der Waals surface area (Å²) in [6, 6.07) is 10.4. The van der Waals surface area contributed by atoms with Crippen molar-refractivity contribution in [2.75, 3.05) is 16.8 Å². The van der Waals surface area contributed by atoms with Gasteiger partial charge in [-0.1, -0.05) is 12.1 Å². The molecule has 0 unspecified atom stereocenters. The fraction of sp³-hybridized carbons (Fsp3) is 0.133. The van der Waals surface area contributed by atoms with Crippen LogP contribution in [0.1, 0.15) is 6.42 Å². The summed E-state index contributed by atoms with van der Waals surface area (Å²) < 4.78 is 26.4. The molecular formula is C15H14F2N2OS. The normalized spacial score (nSPS) is 10.4. The van der Waals surface area contributed by atoms with Crippen LogP contribution in [-0.2, 0) is 4.79 Å². The SMILES string of the molecule is Nc1cc(NC(=O)CCSc2ccccc2F)ccc1F. The molecule has 0 heterocycles. The zero-order valence-electron chi connectivity index (χ0n) is 11.1. The van der Waals surface area contributed by atoms with Crippen LogP contribution < -0.4 is 11.1 Å². The number of hydrogen-bond acceptors (Lipinski definition) is 3. The first-order valence-electron chi connectivity index (χ1n) is 6.28. The molecule has 0 radical (unpaired) electrons. The lowest BCUT2D eigenvalue weighted by Gasteiger charge is -2.07. The van der Waals surface area contributed by atoms with Gasteiger partial charge in [0.05, 0.1) is 5.69 Å². The highest BCUT2D eigenvalue weighted by molar-refractivity contribution is 7.99. The van der Waals surface area contributed by atoms with Gasteiger partial charge >= 0.3 is 0 Å². The summed E-state index contributed by atoms with van der Waals surface area (Å²) in [6.45, 7) is 0. The number of nitrogens with two attached hydrogens (primary N) is 1. The predicted molar refractivity (Wildman–Crippen MR) is 81.2 cm³/mol. The number of carbonyl (C=O) groups is 1. The van der Waals surface area contributed by atoms with Crippen LogP contribution in [-0.4, -0.2) is 11.7 Å². The summed E-state index contributed by atoms with van der Waals surface area (Å²) in [6.07, 6.45) is 0.219. The molecule has 0 spiro atoms. The minimum absolute atomic E-state index is 0.0199. The molecule has 21 heavy (non-hydrogen) atoms. The number of amides is 1. The Bertz CT molecular complexity index is 649. The second kappa shape index (κ2) is 7.08. The molecule has 110 valence electrons. The number of nitrogen functional groups attached to an aromatic ring is 1. The summed E-state index contributed by atoms with van der Waals surface area (Å²) in [5.74, 6) is -0.606. The molecule has 2 rings (SSSR count). The summed E-state index contributed by atoms with van der Waals surface area (Å²) in [4.78, 5) is 12.2. The smallest absolute Gasteiger partial charge is 0.225 e.